The standard InChI is InChI=1S/C17H24N2O2/c1-3-17-12(2)14(11-16(20)19(17)10-6-9-18)13-7-4-5-8-15(13)21-17/h4-5,7-8,12,14H,3,6,9-11,18H2,1-2H3. The van der Waals surface area contributed by atoms with Gasteiger partial charge in [-0.05, 0) is 24.6 Å². The fourth-order valence-electron chi connectivity index (χ4n) is 3.99. The van der Waals surface area contributed by atoms with Crippen molar-refractivity contribution in [3.63, 3.8) is 0 Å². The number of amides is 1. The molecule has 2 bridgehead atoms. The summed E-state index contributed by atoms with van der Waals surface area (Å²) in [6.45, 7) is 5.60. The van der Waals surface area contributed by atoms with Gasteiger partial charge in [-0.25, -0.2) is 0 Å². The van der Waals surface area contributed by atoms with Gasteiger partial charge in [0.05, 0.1) is 0 Å². The second-order valence-electron chi connectivity index (χ2n) is 6.13. The molecule has 4 heteroatoms. The van der Waals surface area contributed by atoms with Gasteiger partial charge in [-0.3, -0.25) is 4.79 Å². The predicted octanol–water partition coefficient (Wildman–Crippen LogP) is 2.49. The van der Waals surface area contributed by atoms with Gasteiger partial charge in [0.2, 0.25) is 5.91 Å². The third-order valence-corrected chi connectivity index (χ3v) is 5.17. The third-order valence-electron chi connectivity index (χ3n) is 5.17. The highest BCUT2D eigenvalue weighted by atomic mass is 16.5. The first-order chi connectivity index (χ1) is 10.1. The lowest BCUT2D eigenvalue weighted by molar-refractivity contribution is -0.186. The second kappa shape index (κ2) is 5.34. The Bertz CT molecular complexity index is 545. The summed E-state index contributed by atoms with van der Waals surface area (Å²) in [5, 5.41) is 0. The largest absolute Gasteiger partial charge is 0.467 e. The zero-order valence-corrected chi connectivity index (χ0v) is 12.8. The Labute approximate surface area is 126 Å². The molecule has 0 saturated carbocycles. The lowest BCUT2D eigenvalue weighted by Crippen LogP contribution is -2.65. The molecular formula is C17H24N2O2. The van der Waals surface area contributed by atoms with Crippen LogP contribution in [0.5, 0.6) is 5.75 Å². The Morgan fingerprint density at radius 2 is 2.19 bits per heavy atom. The van der Waals surface area contributed by atoms with E-state index >= 15 is 0 Å². The summed E-state index contributed by atoms with van der Waals surface area (Å²) in [4.78, 5) is 14.6. The van der Waals surface area contributed by atoms with E-state index in [0.717, 1.165) is 18.6 Å². The Hall–Kier alpha value is -1.55. The molecule has 3 unspecified atom stereocenters. The SMILES string of the molecule is CCC12Oc3ccccc3C(CC(=O)N1CCCN)C2C. The van der Waals surface area contributed by atoms with Crippen molar-refractivity contribution in [2.45, 2.75) is 44.8 Å². The van der Waals surface area contributed by atoms with Crippen molar-refractivity contribution >= 4 is 5.91 Å². The maximum Gasteiger partial charge on any atom is 0.226 e. The van der Waals surface area contributed by atoms with Crippen LogP contribution in [0.2, 0.25) is 0 Å². The van der Waals surface area contributed by atoms with Crippen LogP contribution in [0.3, 0.4) is 0 Å². The molecule has 3 atom stereocenters. The molecule has 0 aliphatic carbocycles. The number of hydrogen-bond acceptors (Lipinski definition) is 3. The number of para-hydroxylation sites is 1. The molecule has 4 nitrogen and oxygen atoms in total. The van der Waals surface area contributed by atoms with Crippen molar-refractivity contribution in [3.05, 3.63) is 29.8 Å². The molecule has 0 aromatic heterocycles. The van der Waals surface area contributed by atoms with Crippen molar-refractivity contribution in [2.75, 3.05) is 13.1 Å². The fourth-order valence-corrected chi connectivity index (χ4v) is 3.99. The molecular weight excluding hydrogens is 264 g/mol. The van der Waals surface area contributed by atoms with Gasteiger partial charge in [0.15, 0.2) is 5.72 Å². The van der Waals surface area contributed by atoms with Crippen LogP contribution in [0, 0.1) is 5.92 Å². The zero-order valence-electron chi connectivity index (χ0n) is 12.8. The van der Waals surface area contributed by atoms with Gasteiger partial charge in [-0.1, -0.05) is 32.0 Å². The summed E-state index contributed by atoms with van der Waals surface area (Å²) in [7, 11) is 0. The van der Waals surface area contributed by atoms with Crippen molar-refractivity contribution in [1.29, 1.82) is 0 Å². The van der Waals surface area contributed by atoms with Crippen LogP contribution in [-0.2, 0) is 4.79 Å². The maximum atomic E-state index is 12.6. The Kier molecular flexibility index (Phi) is 3.66. The average molecular weight is 288 g/mol. The molecule has 1 fully saturated rings. The van der Waals surface area contributed by atoms with Crippen LogP contribution in [0.25, 0.3) is 0 Å². The number of nitrogens with two attached hydrogens (primary N) is 1. The summed E-state index contributed by atoms with van der Waals surface area (Å²) < 4.78 is 6.40. The van der Waals surface area contributed by atoms with E-state index in [9.17, 15) is 4.79 Å². The number of fused-ring (bicyclic) bond motifs is 4. The van der Waals surface area contributed by atoms with Crippen LogP contribution in [-0.4, -0.2) is 29.6 Å². The van der Waals surface area contributed by atoms with E-state index in [0.29, 0.717) is 25.4 Å². The minimum absolute atomic E-state index is 0.197. The molecule has 21 heavy (non-hydrogen) atoms. The fraction of sp³-hybridized carbons (Fsp3) is 0.588. The topological polar surface area (TPSA) is 55.6 Å². The van der Waals surface area contributed by atoms with Gasteiger partial charge < -0.3 is 15.4 Å². The first-order valence-corrected chi connectivity index (χ1v) is 7.92. The maximum absolute atomic E-state index is 12.6. The van der Waals surface area contributed by atoms with Crippen LogP contribution < -0.4 is 10.5 Å². The highest BCUT2D eigenvalue weighted by molar-refractivity contribution is 5.80. The summed E-state index contributed by atoms with van der Waals surface area (Å²) >= 11 is 0. The van der Waals surface area contributed by atoms with E-state index in [1.165, 1.54) is 5.56 Å². The van der Waals surface area contributed by atoms with Crippen molar-refractivity contribution in [3.8, 4) is 5.75 Å². The Balaban J connectivity index is 2.05. The van der Waals surface area contributed by atoms with E-state index in [1.54, 1.807) is 0 Å². The molecule has 2 heterocycles. The molecule has 1 aromatic rings. The van der Waals surface area contributed by atoms with Crippen LogP contribution >= 0.6 is 0 Å². The summed E-state index contributed by atoms with van der Waals surface area (Å²) in [5.74, 6) is 1.69. The number of ether oxygens (including phenoxy) is 1. The van der Waals surface area contributed by atoms with E-state index < -0.39 is 5.72 Å². The van der Waals surface area contributed by atoms with Crippen molar-refractivity contribution < 1.29 is 9.53 Å². The molecule has 1 saturated heterocycles. The highest BCUT2D eigenvalue weighted by Crippen LogP contribution is 2.52. The molecule has 114 valence electrons. The lowest BCUT2D eigenvalue weighted by Gasteiger charge is -2.56. The molecule has 1 amide bonds. The average Bonchev–Trinajstić information content (AvgIpc) is 2.49. The molecule has 2 aliphatic heterocycles. The number of carbonyl (C=O) groups excluding carboxylic acids is 1. The molecule has 3 rings (SSSR count). The van der Waals surface area contributed by atoms with E-state index in [4.69, 9.17) is 10.5 Å². The molecule has 0 radical (unpaired) electrons. The minimum atomic E-state index is -0.510. The lowest BCUT2D eigenvalue weighted by atomic mass is 9.71. The normalized spacial score (nSPS) is 30.8. The number of rotatable bonds is 4. The van der Waals surface area contributed by atoms with E-state index in [2.05, 4.69) is 19.9 Å². The molecule has 2 aliphatic rings. The first kappa shape index (κ1) is 14.4. The van der Waals surface area contributed by atoms with Crippen molar-refractivity contribution in [2.24, 2.45) is 11.7 Å². The molecule has 0 spiro atoms. The highest BCUT2D eigenvalue weighted by Gasteiger charge is 2.55. The van der Waals surface area contributed by atoms with Crippen LogP contribution in [0.1, 0.15) is 44.6 Å². The number of hydrogen-bond donors (Lipinski definition) is 1. The summed E-state index contributed by atoms with van der Waals surface area (Å²) in [5.41, 5.74) is 6.31. The second-order valence-corrected chi connectivity index (χ2v) is 6.13. The van der Waals surface area contributed by atoms with Crippen molar-refractivity contribution in [1.82, 2.24) is 4.90 Å². The zero-order chi connectivity index (χ0) is 15.0. The van der Waals surface area contributed by atoms with Gasteiger partial charge in [0.25, 0.3) is 0 Å². The van der Waals surface area contributed by atoms with Crippen LogP contribution in [0.15, 0.2) is 24.3 Å². The monoisotopic (exact) mass is 288 g/mol. The number of carbonyl (C=O) groups is 1. The molecule has 2 N–H and O–H groups in total. The first-order valence-electron chi connectivity index (χ1n) is 7.92. The van der Waals surface area contributed by atoms with E-state index in [-0.39, 0.29) is 11.8 Å². The Morgan fingerprint density at radius 1 is 1.43 bits per heavy atom. The molecule has 1 aromatic carbocycles. The minimum Gasteiger partial charge on any atom is -0.467 e. The van der Waals surface area contributed by atoms with Gasteiger partial charge in [-0.2, -0.15) is 0 Å². The summed E-state index contributed by atoms with van der Waals surface area (Å²) in [6.07, 6.45) is 2.19. The number of benzene rings is 1. The number of piperidine rings is 1. The van der Waals surface area contributed by atoms with Gasteiger partial charge >= 0.3 is 0 Å². The van der Waals surface area contributed by atoms with Gasteiger partial charge in [-0.15, -0.1) is 0 Å². The van der Waals surface area contributed by atoms with E-state index in [1.807, 2.05) is 23.1 Å². The number of likely N-dealkylation sites (tertiary alicyclic amines) is 1. The Morgan fingerprint density at radius 3 is 2.90 bits per heavy atom. The summed E-state index contributed by atoms with van der Waals surface area (Å²) in [6, 6.07) is 8.15. The quantitative estimate of drug-likeness (QED) is 0.926. The number of nitrogens with zero attached hydrogens (tertiary/aromatic N) is 1. The van der Waals surface area contributed by atoms with Gasteiger partial charge in [0.1, 0.15) is 5.75 Å². The smallest absolute Gasteiger partial charge is 0.226 e. The van der Waals surface area contributed by atoms with Gasteiger partial charge in [0, 0.05) is 31.2 Å². The van der Waals surface area contributed by atoms with Crippen LogP contribution in [0.4, 0.5) is 0 Å². The third kappa shape index (κ3) is 2.04. The predicted molar refractivity (Wildman–Crippen MR) is 82.0 cm³/mol.